The summed E-state index contributed by atoms with van der Waals surface area (Å²) in [5.41, 5.74) is 0.623. The number of hydrogen-bond acceptors (Lipinski definition) is 6. The SMILES string of the molecule is CCCS(=O)(=O)Nc1ccc(F)c(C(=O)c2c[nH]c3ncc(C4=CCC(OCCOC)C=C4)cc23)c1F. The molecule has 1 aliphatic rings. The Morgan fingerprint density at radius 1 is 1.27 bits per heavy atom. The van der Waals surface area contributed by atoms with E-state index in [0.29, 0.717) is 37.1 Å². The molecular weight excluding hydrogens is 504 g/mol. The molecule has 2 aromatic heterocycles. The minimum Gasteiger partial charge on any atom is -0.382 e. The van der Waals surface area contributed by atoms with E-state index in [2.05, 4.69) is 14.7 Å². The fourth-order valence-electron chi connectivity index (χ4n) is 4.03. The number of aromatic amines is 1. The molecule has 0 spiro atoms. The molecule has 0 bridgehead atoms. The number of nitrogens with one attached hydrogen (secondary N) is 2. The number of benzene rings is 1. The zero-order valence-corrected chi connectivity index (χ0v) is 21.2. The second-order valence-corrected chi connectivity index (χ2v) is 10.4. The van der Waals surface area contributed by atoms with Gasteiger partial charge in [-0.1, -0.05) is 25.2 Å². The number of anilines is 1. The topological polar surface area (TPSA) is 110 Å². The van der Waals surface area contributed by atoms with E-state index >= 15 is 4.39 Å². The first-order chi connectivity index (χ1) is 17.7. The molecule has 0 amide bonds. The maximum absolute atomic E-state index is 15.2. The molecule has 2 N–H and O–H groups in total. The van der Waals surface area contributed by atoms with E-state index in [1.165, 1.54) is 6.20 Å². The van der Waals surface area contributed by atoms with Crippen LogP contribution in [0, 0.1) is 11.6 Å². The van der Waals surface area contributed by atoms with Crippen molar-refractivity contribution in [3.05, 3.63) is 77.1 Å². The lowest BCUT2D eigenvalue weighted by atomic mass is 9.97. The van der Waals surface area contributed by atoms with Crippen molar-refractivity contribution < 1.29 is 31.5 Å². The van der Waals surface area contributed by atoms with Gasteiger partial charge < -0.3 is 14.5 Å². The molecule has 37 heavy (non-hydrogen) atoms. The zero-order valence-electron chi connectivity index (χ0n) is 20.4. The van der Waals surface area contributed by atoms with Crippen molar-refractivity contribution >= 4 is 38.1 Å². The second-order valence-electron chi connectivity index (χ2n) is 8.51. The summed E-state index contributed by atoms with van der Waals surface area (Å²) < 4.78 is 66.9. The largest absolute Gasteiger partial charge is 0.382 e. The molecule has 1 aromatic carbocycles. The molecule has 0 saturated heterocycles. The number of carbonyl (C=O) groups excluding carboxylic acids is 1. The van der Waals surface area contributed by atoms with E-state index in [4.69, 9.17) is 9.47 Å². The van der Waals surface area contributed by atoms with Gasteiger partial charge in [-0.05, 0) is 36.6 Å². The van der Waals surface area contributed by atoms with Gasteiger partial charge in [-0.3, -0.25) is 9.52 Å². The Balaban J connectivity index is 1.63. The average molecular weight is 532 g/mol. The van der Waals surface area contributed by atoms with Crippen molar-refractivity contribution in [3.8, 4) is 0 Å². The minimum absolute atomic E-state index is 0.0110. The van der Waals surface area contributed by atoms with Crippen molar-refractivity contribution in [2.24, 2.45) is 0 Å². The molecule has 196 valence electrons. The van der Waals surface area contributed by atoms with Crippen LogP contribution in [0.1, 0.15) is 41.3 Å². The normalized spacial score (nSPS) is 15.7. The van der Waals surface area contributed by atoms with Crippen LogP contribution in [0.2, 0.25) is 0 Å². The molecule has 11 heteroatoms. The van der Waals surface area contributed by atoms with Gasteiger partial charge in [0.2, 0.25) is 15.8 Å². The van der Waals surface area contributed by atoms with Gasteiger partial charge in [0, 0.05) is 36.0 Å². The lowest BCUT2D eigenvalue weighted by molar-refractivity contribution is 0.0406. The quantitative estimate of drug-likeness (QED) is 0.277. The number of rotatable bonds is 11. The van der Waals surface area contributed by atoms with Crippen molar-refractivity contribution in [1.82, 2.24) is 9.97 Å². The van der Waals surface area contributed by atoms with E-state index < -0.39 is 38.7 Å². The van der Waals surface area contributed by atoms with Crippen molar-refractivity contribution in [3.63, 3.8) is 0 Å². The van der Waals surface area contributed by atoms with E-state index in [-0.39, 0.29) is 17.4 Å². The number of methoxy groups -OCH3 is 1. The molecule has 2 heterocycles. The number of sulfonamides is 1. The Kier molecular flexibility index (Phi) is 8.16. The fourth-order valence-corrected chi connectivity index (χ4v) is 5.16. The van der Waals surface area contributed by atoms with Crippen LogP contribution in [-0.2, 0) is 19.5 Å². The molecule has 3 aromatic rings. The van der Waals surface area contributed by atoms with Gasteiger partial charge in [0.05, 0.1) is 36.3 Å². The Morgan fingerprint density at radius 2 is 2.08 bits per heavy atom. The Hall–Kier alpha value is -3.41. The lowest BCUT2D eigenvalue weighted by Crippen LogP contribution is -2.18. The third-order valence-corrected chi connectivity index (χ3v) is 7.32. The summed E-state index contributed by atoms with van der Waals surface area (Å²) in [4.78, 5) is 20.5. The maximum Gasteiger partial charge on any atom is 0.232 e. The number of ketones is 1. The highest BCUT2D eigenvalue weighted by Gasteiger charge is 2.26. The summed E-state index contributed by atoms with van der Waals surface area (Å²) in [6.45, 7) is 2.63. The van der Waals surface area contributed by atoms with E-state index in [0.717, 1.165) is 23.3 Å². The van der Waals surface area contributed by atoms with Gasteiger partial charge in [0.1, 0.15) is 11.5 Å². The van der Waals surface area contributed by atoms with Crippen molar-refractivity contribution in [2.45, 2.75) is 25.9 Å². The van der Waals surface area contributed by atoms with Crippen LogP contribution in [0.4, 0.5) is 14.5 Å². The molecule has 1 unspecified atom stereocenters. The molecule has 0 fully saturated rings. The summed E-state index contributed by atoms with van der Waals surface area (Å²) in [6, 6.07) is 3.54. The summed E-state index contributed by atoms with van der Waals surface area (Å²) >= 11 is 0. The average Bonchev–Trinajstić information content (AvgIpc) is 3.30. The van der Waals surface area contributed by atoms with Crippen molar-refractivity contribution in [1.29, 1.82) is 0 Å². The summed E-state index contributed by atoms with van der Waals surface area (Å²) in [6.07, 6.45) is 9.65. The summed E-state index contributed by atoms with van der Waals surface area (Å²) in [5, 5.41) is 0.381. The summed E-state index contributed by atoms with van der Waals surface area (Å²) in [5.74, 6) is -3.55. The zero-order chi connectivity index (χ0) is 26.6. The molecule has 0 radical (unpaired) electrons. The number of hydrogen-bond donors (Lipinski definition) is 2. The van der Waals surface area contributed by atoms with E-state index in [9.17, 15) is 17.6 Å². The second kappa shape index (κ2) is 11.3. The molecule has 8 nitrogen and oxygen atoms in total. The first kappa shape index (κ1) is 26.6. The number of pyridine rings is 1. The molecule has 1 atom stereocenters. The number of halogens is 2. The van der Waals surface area contributed by atoms with Crippen LogP contribution in [0.25, 0.3) is 16.6 Å². The van der Waals surface area contributed by atoms with Crippen LogP contribution in [0.15, 0.2) is 48.8 Å². The highest BCUT2D eigenvalue weighted by atomic mass is 32.2. The highest BCUT2D eigenvalue weighted by Crippen LogP contribution is 2.30. The van der Waals surface area contributed by atoms with Crippen LogP contribution in [0.3, 0.4) is 0 Å². The maximum atomic E-state index is 15.2. The van der Waals surface area contributed by atoms with Crippen molar-refractivity contribution in [2.75, 3.05) is 30.8 Å². The van der Waals surface area contributed by atoms with Gasteiger partial charge in [0.15, 0.2) is 5.82 Å². The number of nitrogens with zero attached hydrogens (tertiary/aromatic N) is 1. The smallest absolute Gasteiger partial charge is 0.232 e. The van der Waals surface area contributed by atoms with Crippen LogP contribution >= 0.6 is 0 Å². The predicted octanol–water partition coefficient (Wildman–Crippen LogP) is 4.60. The molecule has 1 aliphatic carbocycles. The molecule has 0 aliphatic heterocycles. The number of allylic oxidation sites excluding steroid dienone is 2. The van der Waals surface area contributed by atoms with E-state index in [1.54, 1.807) is 26.3 Å². The Morgan fingerprint density at radius 3 is 2.78 bits per heavy atom. The number of aromatic nitrogens is 2. The summed E-state index contributed by atoms with van der Waals surface area (Å²) in [7, 11) is -2.24. The number of ether oxygens (including phenoxy) is 2. The van der Waals surface area contributed by atoms with Gasteiger partial charge >= 0.3 is 0 Å². The third-order valence-electron chi connectivity index (χ3n) is 5.85. The first-order valence-corrected chi connectivity index (χ1v) is 13.4. The Bertz CT molecular complexity index is 1480. The number of fused-ring (bicyclic) bond motifs is 1. The molecule has 0 saturated carbocycles. The Labute approximate surface area is 213 Å². The fraction of sp³-hybridized carbons (Fsp3) is 0.308. The first-order valence-electron chi connectivity index (χ1n) is 11.7. The van der Waals surface area contributed by atoms with Crippen LogP contribution in [0.5, 0.6) is 0 Å². The number of H-pyrrole nitrogens is 1. The number of carbonyl (C=O) groups is 1. The molecule has 4 rings (SSSR count). The minimum atomic E-state index is -3.85. The van der Waals surface area contributed by atoms with Gasteiger partial charge in [-0.2, -0.15) is 0 Å². The van der Waals surface area contributed by atoms with Gasteiger partial charge in [0.25, 0.3) is 0 Å². The highest BCUT2D eigenvalue weighted by molar-refractivity contribution is 7.92. The van der Waals surface area contributed by atoms with Crippen LogP contribution in [-0.4, -0.2) is 56.3 Å². The standard InChI is InChI=1S/C26H27F2N3O5S/c1-3-12-37(33,34)31-22-9-8-21(27)23(24(22)28)25(32)20-15-30-26-19(20)13-17(14-29-26)16-4-6-18(7-5-16)36-11-10-35-2/h4-6,8-9,13-15,18,31H,3,7,10-12H2,1-2H3,(H,29,30). The van der Waals surface area contributed by atoms with Crippen LogP contribution < -0.4 is 4.72 Å². The predicted molar refractivity (Wildman–Crippen MR) is 137 cm³/mol. The lowest BCUT2D eigenvalue weighted by Gasteiger charge is -2.17. The van der Waals surface area contributed by atoms with Gasteiger partial charge in [-0.25, -0.2) is 22.2 Å². The van der Waals surface area contributed by atoms with Gasteiger partial charge in [-0.15, -0.1) is 0 Å². The van der Waals surface area contributed by atoms with E-state index in [1.807, 2.05) is 18.2 Å². The third kappa shape index (κ3) is 5.95. The monoisotopic (exact) mass is 531 g/mol. The molecular formula is C26H27F2N3O5S.